The summed E-state index contributed by atoms with van der Waals surface area (Å²) in [6, 6.07) is 0.926. The number of hydrogen-bond donors (Lipinski definition) is 1. The second kappa shape index (κ2) is 6.71. The van der Waals surface area contributed by atoms with Crippen LogP contribution < -0.4 is 5.32 Å². The zero-order chi connectivity index (χ0) is 13.8. The number of piperidine rings is 2. The zero-order valence-corrected chi connectivity index (χ0v) is 12.7. The van der Waals surface area contributed by atoms with Crippen molar-refractivity contribution < 1.29 is 4.79 Å². The molecular formula is C15H29N3O. The van der Waals surface area contributed by atoms with Crippen molar-refractivity contribution in [1.82, 2.24) is 15.1 Å². The predicted molar refractivity (Wildman–Crippen MR) is 78.1 cm³/mol. The molecule has 4 nitrogen and oxygen atoms in total. The molecule has 3 atom stereocenters. The van der Waals surface area contributed by atoms with Gasteiger partial charge in [0.25, 0.3) is 0 Å². The molecule has 19 heavy (non-hydrogen) atoms. The number of likely N-dealkylation sites (N-methyl/N-ethyl adjacent to an activating group) is 1. The normalized spacial score (nSPS) is 32.6. The van der Waals surface area contributed by atoms with Crippen molar-refractivity contribution in [3.8, 4) is 0 Å². The summed E-state index contributed by atoms with van der Waals surface area (Å²) in [4.78, 5) is 16.8. The molecule has 2 aliphatic rings. The first-order valence-corrected chi connectivity index (χ1v) is 7.75. The van der Waals surface area contributed by atoms with E-state index < -0.39 is 0 Å². The third-order valence-electron chi connectivity index (χ3n) is 4.80. The molecule has 0 aromatic heterocycles. The van der Waals surface area contributed by atoms with Gasteiger partial charge >= 0.3 is 0 Å². The Morgan fingerprint density at radius 1 is 1.32 bits per heavy atom. The van der Waals surface area contributed by atoms with E-state index in [0.29, 0.717) is 30.3 Å². The van der Waals surface area contributed by atoms with Crippen LogP contribution in [0.1, 0.15) is 39.0 Å². The van der Waals surface area contributed by atoms with Crippen molar-refractivity contribution in [2.75, 3.05) is 33.7 Å². The van der Waals surface area contributed by atoms with Crippen molar-refractivity contribution in [3.63, 3.8) is 0 Å². The molecule has 4 heteroatoms. The van der Waals surface area contributed by atoms with E-state index in [4.69, 9.17) is 0 Å². The summed E-state index contributed by atoms with van der Waals surface area (Å²) in [6.07, 6.45) is 5.54. The molecule has 0 spiro atoms. The Kier molecular flexibility index (Phi) is 5.22. The van der Waals surface area contributed by atoms with Gasteiger partial charge in [0.15, 0.2) is 0 Å². The van der Waals surface area contributed by atoms with Gasteiger partial charge in [-0.1, -0.05) is 6.92 Å². The fraction of sp³-hybridized carbons (Fsp3) is 0.933. The highest BCUT2D eigenvalue weighted by molar-refractivity contribution is 5.77. The Morgan fingerprint density at radius 2 is 2.11 bits per heavy atom. The number of carbonyl (C=O) groups excluding carboxylic acids is 1. The molecule has 2 saturated heterocycles. The molecule has 0 aromatic carbocycles. The molecule has 2 fully saturated rings. The third-order valence-corrected chi connectivity index (χ3v) is 4.80. The molecule has 2 rings (SSSR count). The molecular weight excluding hydrogens is 238 g/mol. The number of amides is 1. The lowest BCUT2D eigenvalue weighted by Crippen LogP contribution is -2.50. The van der Waals surface area contributed by atoms with E-state index in [9.17, 15) is 4.79 Å². The van der Waals surface area contributed by atoms with Gasteiger partial charge in [-0.15, -0.1) is 0 Å². The van der Waals surface area contributed by atoms with Crippen LogP contribution in [0, 0.1) is 5.92 Å². The summed E-state index contributed by atoms with van der Waals surface area (Å²) in [5.41, 5.74) is 0. The van der Waals surface area contributed by atoms with Crippen molar-refractivity contribution in [1.29, 1.82) is 0 Å². The first-order valence-electron chi connectivity index (χ1n) is 7.75. The lowest BCUT2D eigenvalue weighted by atomic mass is 9.90. The molecule has 110 valence electrons. The molecule has 0 bridgehead atoms. The highest BCUT2D eigenvalue weighted by atomic mass is 16.2. The summed E-state index contributed by atoms with van der Waals surface area (Å²) in [6.45, 7) is 5.20. The zero-order valence-electron chi connectivity index (χ0n) is 12.7. The van der Waals surface area contributed by atoms with Gasteiger partial charge in [0.05, 0.1) is 0 Å². The van der Waals surface area contributed by atoms with Gasteiger partial charge < -0.3 is 15.1 Å². The van der Waals surface area contributed by atoms with Crippen LogP contribution in [0.3, 0.4) is 0 Å². The van der Waals surface area contributed by atoms with E-state index >= 15 is 0 Å². The lowest BCUT2D eigenvalue weighted by Gasteiger charge is -2.38. The van der Waals surface area contributed by atoms with Crippen molar-refractivity contribution in [2.24, 2.45) is 5.92 Å². The van der Waals surface area contributed by atoms with Gasteiger partial charge in [0.2, 0.25) is 5.91 Å². The average molecular weight is 267 g/mol. The first kappa shape index (κ1) is 14.8. The van der Waals surface area contributed by atoms with Gasteiger partial charge in [-0.2, -0.15) is 0 Å². The van der Waals surface area contributed by atoms with Crippen LogP contribution in [-0.4, -0.2) is 61.5 Å². The molecule has 0 radical (unpaired) electrons. The van der Waals surface area contributed by atoms with Gasteiger partial charge in [-0.25, -0.2) is 0 Å². The lowest BCUT2D eigenvalue weighted by molar-refractivity contribution is -0.134. The third kappa shape index (κ3) is 3.93. The van der Waals surface area contributed by atoms with Crippen LogP contribution in [0.25, 0.3) is 0 Å². The number of nitrogens with one attached hydrogen (secondary N) is 1. The molecule has 0 aliphatic carbocycles. The number of nitrogens with zero attached hydrogens (tertiary/aromatic N) is 2. The molecule has 0 saturated carbocycles. The summed E-state index contributed by atoms with van der Waals surface area (Å²) in [7, 11) is 4.23. The van der Waals surface area contributed by atoms with Crippen LogP contribution >= 0.6 is 0 Å². The van der Waals surface area contributed by atoms with E-state index in [1.165, 1.54) is 19.3 Å². The second-order valence-corrected chi connectivity index (χ2v) is 6.48. The fourth-order valence-corrected chi connectivity index (χ4v) is 3.31. The van der Waals surface area contributed by atoms with E-state index in [2.05, 4.69) is 36.1 Å². The second-order valence-electron chi connectivity index (χ2n) is 6.48. The summed E-state index contributed by atoms with van der Waals surface area (Å²) < 4.78 is 0. The Labute approximate surface area is 117 Å². The smallest absolute Gasteiger partial charge is 0.224 e. The Hall–Kier alpha value is -0.610. The maximum absolute atomic E-state index is 12.4. The van der Waals surface area contributed by atoms with Crippen LogP contribution in [0.15, 0.2) is 0 Å². The van der Waals surface area contributed by atoms with Crippen LogP contribution in [0.5, 0.6) is 0 Å². The minimum atomic E-state index is 0.345. The predicted octanol–water partition coefficient (Wildman–Crippen LogP) is 1.32. The standard InChI is InChI=1S/C15H29N3O/c1-12-6-4-8-16-14(12)10-15(19)18-9-5-7-13(11-18)17(2)3/h12-14,16H,4-11H2,1-3H3. The molecule has 3 unspecified atom stereocenters. The number of rotatable bonds is 3. The van der Waals surface area contributed by atoms with E-state index in [-0.39, 0.29) is 0 Å². The number of carbonyl (C=O) groups is 1. The summed E-state index contributed by atoms with van der Waals surface area (Å²) in [5.74, 6) is 0.977. The van der Waals surface area contributed by atoms with E-state index in [0.717, 1.165) is 26.1 Å². The summed E-state index contributed by atoms with van der Waals surface area (Å²) >= 11 is 0. The van der Waals surface area contributed by atoms with Crippen LogP contribution in [0.4, 0.5) is 0 Å². The quantitative estimate of drug-likeness (QED) is 0.837. The van der Waals surface area contributed by atoms with E-state index in [1.807, 2.05) is 0 Å². The number of likely N-dealkylation sites (tertiary alicyclic amines) is 1. The fourth-order valence-electron chi connectivity index (χ4n) is 3.31. The minimum absolute atomic E-state index is 0.345. The monoisotopic (exact) mass is 267 g/mol. The van der Waals surface area contributed by atoms with E-state index in [1.54, 1.807) is 0 Å². The Bertz CT molecular complexity index is 306. The first-order chi connectivity index (χ1) is 9.08. The SMILES string of the molecule is CC1CCCNC1CC(=O)N1CCCC(N(C)C)C1. The summed E-state index contributed by atoms with van der Waals surface area (Å²) in [5, 5.41) is 3.51. The van der Waals surface area contributed by atoms with Crippen LogP contribution in [0.2, 0.25) is 0 Å². The number of hydrogen-bond acceptors (Lipinski definition) is 3. The van der Waals surface area contributed by atoms with Crippen molar-refractivity contribution in [3.05, 3.63) is 0 Å². The molecule has 2 aliphatic heterocycles. The topological polar surface area (TPSA) is 35.6 Å². The highest BCUT2D eigenvalue weighted by Gasteiger charge is 2.29. The average Bonchev–Trinajstić information content (AvgIpc) is 2.41. The maximum atomic E-state index is 12.4. The molecule has 2 heterocycles. The Balaban J connectivity index is 1.85. The van der Waals surface area contributed by atoms with Gasteiger partial charge in [-0.3, -0.25) is 4.79 Å². The Morgan fingerprint density at radius 3 is 2.79 bits per heavy atom. The highest BCUT2D eigenvalue weighted by Crippen LogP contribution is 2.20. The van der Waals surface area contributed by atoms with Gasteiger partial charge in [-0.05, 0) is 52.2 Å². The van der Waals surface area contributed by atoms with Gasteiger partial charge in [0, 0.05) is 31.6 Å². The molecule has 1 amide bonds. The van der Waals surface area contributed by atoms with Crippen molar-refractivity contribution in [2.45, 2.75) is 51.1 Å². The molecule has 0 aromatic rings. The van der Waals surface area contributed by atoms with Crippen LogP contribution in [-0.2, 0) is 4.79 Å². The molecule has 1 N–H and O–H groups in total. The minimum Gasteiger partial charge on any atom is -0.341 e. The largest absolute Gasteiger partial charge is 0.341 e. The maximum Gasteiger partial charge on any atom is 0.224 e. The van der Waals surface area contributed by atoms with Gasteiger partial charge in [0.1, 0.15) is 0 Å². The van der Waals surface area contributed by atoms with Crippen molar-refractivity contribution >= 4 is 5.91 Å².